The number of amides is 1. The molecule has 0 bridgehead atoms. The highest BCUT2D eigenvalue weighted by Crippen LogP contribution is 2.24. The van der Waals surface area contributed by atoms with Gasteiger partial charge in [0.05, 0.1) is 12.1 Å². The molecule has 0 heterocycles. The van der Waals surface area contributed by atoms with Gasteiger partial charge in [0.1, 0.15) is 0 Å². The Morgan fingerprint density at radius 1 is 1.23 bits per heavy atom. The zero-order chi connectivity index (χ0) is 15.2. The fraction of sp³-hybridized carbons (Fsp3) is 0.353. The standard InChI is InChI=1S/C17H22N2OS.ClH/c1-12(19-17(20)16(18)10-11-21-2)14-9-5-7-13-6-3-4-8-15(13)14;/h3-9,12,16H,10-11,18H2,1-2H3,(H,19,20);1H/t12?,16-;/m0./s1. The predicted molar refractivity (Wildman–Crippen MR) is 98.7 cm³/mol. The van der Waals surface area contributed by atoms with Crippen molar-refractivity contribution >= 4 is 40.8 Å². The van der Waals surface area contributed by atoms with Gasteiger partial charge in [0.2, 0.25) is 5.91 Å². The number of rotatable bonds is 6. The zero-order valence-corrected chi connectivity index (χ0v) is 14.5. The van der Waals surface area contributed by atoms with Crippen molar-refractivity contribution < 1.29 is 4.79 Å². The van der Waals surface area contributed by atoms with Crippen LogP contribution in [0, 0.1) is 0 Å². The summed E-state index contributed by atoms with van der Waals surface area (Å²) >= 11 is 1.70. The van der Waals surface area contributed by atoms with Crippen LogP contribution in [0.5, 0.6) is 0 Å². The number of nitrogens with one attached hydrogen (secondary N) is 1. The van der Waals surface area contributed by atoms with Crippen LogP contribution in [0.25, 0.3) is 10.8 Å². The molecule has 3 nitrogen and oxygen atoms in total. The van der Waals surface area contributed by atoms with Crippen LogP contribution in [0.4, 0.5) is 0 Å². The highest BCUT2D eigenvalue weighted by atomic mass is 35.5. The summed E-state index contributed by atoms with van der Waals surface area (Å²) < 4.78 is 0. The molecule has 3 N–H and O–H groups in total. The van der Waals surface area contributed by atoms with Crippen LogP contribution in [0.3, 0.4) is 0 Å². The Morgan fingerprint density at radius 3 is 2.64 bits per heavy atom. The van der Waals surface area contributed by atoms with Crippen LogP contribution in [-0.4, -0.2) is 24.0 Å². The lowest BCUT2D eigenvalue weighted by Gasteiger charge is -2.19. The van der Waals surface area contributed by atoms with Crippen LogP contribution >= 0.6 is 24.2 Å². The average molecular weight is 339 g/mol. The maximum absolute atomic E-state index is 12.1. The summed E-state index contributed by atoms with van der Waals surface area (Å²) in [7, 11) is 0. The second-order valence-electron chi connectivity index (χ2n) is 5.19. The van der Waals surface area contributed by atoms with E-state index in [-0.39, 0.29) is 24.4 Å². The molecule has 2 aromatic carbocycles. The quantitative estimate of drug-likeness (QED) is 0.847. The lowest BCUT2D eigenvalue weighted by Crippen LogP contribution is -2.42. The molecular formula is C17H23ClN2OS. The minimum atomic E-state index is -0.435. The molecule has 0 aliphatic rings. The van der Waals surface area contributed by atoms with Crippen molar-refractivity contribution in [1.29, 1.82) is 0 Å². The summed E-state index contributed by atoms with van der Waals surface area (Å²) in [6, 6.07) is 13.9. The van der Waals surface area contributed by atoms with Crippen molar-refractivity contribution in [2.75, 3.05) is 12.0 Å². The van der Waals surface area contributed by atoms with Gasteiger partial charge < -0.3 is 11.1 Å². The molecule has 1 unspecified atom stereocenters. The first-order chi connectivity index (χ1) is 10.1. The van der Waals surface area contributed by atoms with Gasteiger partial charge in [-0.25, -0.2) is 0 Å². The van der Waals surface area contributed by atoms with Gasteiger partial charge in [-0.3, -0.25) is 4.79 Å². The molecule has 0 fully saturated rings. The molecule has 22 heavy (non-hydrogen) atoms. The lowest BCUT2D eigenvalue weighted by molar-refractivity contribution is -0.123. The SMILES string of the molecule is CSCC[C@H](N)C(=O)NC(C)c1cccc2ccccc12.Cl. The Bertz CT molecular complexity index is 615. The molecule has 0 aromatic heterocycles. The van der Waals surface area contributed by atoms with E-state index in [1.165, 1.54) is 10.8 Å². The van der Waals surface area contributed by atoms with Gasteiger partial charge in [-0.15, -0.1) is 12.4 Å². The summed E-state index contributed by atoms with van der Waals surface area (Å²) in [5.41, 5.74) is 7.04. The number of fused-ring (bicyclic) bond motifs is 1. The molecule has 0 spiro atoms. The van der Waals surface area contributed by atoms with Gasteiger partial charge in [-0.05, 0) is 41.7 Å². The van der Waals surface area contributed by atoms with E-state index in [1.54, 1.807) is 11.8 Å². The Balaban J connectivity index is 0.00000242. The Hall–Kier alpha value is -1.23. The Kier molecular flexibility index (Phi) is 7.73. The summed E-state index contributed by atoms with van der Waals surface area (Å²) in [6.07, 6.45) is 2.72. The monoisotopic (exact) mass is 338 g/mol. The average Bonchev–Trinajstić information content (AvgIpc) is 2.51. The van der Waals surface area contributed by atoms with Gasteiger partial charge in [-0.2, -0.15) is 11.8 Å². The van der Waals surface area contributed by atoms with E-state index in [0.717, 1.165) is 11.3 Å². The maximum atomic E-state index is 12.1. The molecule has 0 aliphatic carbocycles. The van der Waals surface area contributed by atoms with Gasteiger partial charge in [-0.1, -0.05) is 42.5 Å². The number of thioether (sulfide) groups is 1. The first kappa shape index (κ1) is 18.8. The van der Waals surface area contributed by atoms with Crippen molar-refractivity contribution in [3.63, 3.8) is 0 Å². The fourth-order valence-electron chi connectivity index (χ4n) is 2.40. The van der Waals surface area contributed by atoms with Crippen LogP contribution in [0.15, 0.2) is 42.5 Å². The van der Waals surface area contributed by atoms with E-state index in [4.69, 9.17) is 5.73 Å². The van der Waals surface area contributed by atoms with E-state index in [9.17, 15) is 4.79 Å². The van der Waals surface area contributed by atoms with E-state index in [2.05, 4.69) is 29.6 Å². The van der Waals surface area contributed by atoms with Crippen molar-refractivity contribution in [2.45, 2.75) is 25.4 Å². The molecule has 0 saturated carbocycles. The first-order valence-corrected chi connectivity index (χ1v) is 8.55. The topological polar surface area (TPSA) is 55.1 Å². The molecular weight excluding hydrogens is 316 g/mol. The lowest BCUT2D eigenvalue weighted by atomic mass is 9.99. The van der Waals surface area contributed by atoms with Crippen LogP contribution in [-0.2, 0) is 4.79 Å². The molecule has 1 amide bonds. The third-order valence-corrected chi connectivity index (χ3v) is 4.26. The Labute approximate surface area is 142 Å². The molecule has 2 rings (SSSR count). The summed E-state index contributed by atoms with van der Waals surface area (Å²) in [4.78, 5) is 12.1. The van der Waals surface area contributed by atoms with Gasteiger partial charge in [0.25, 0.3) is 0 Å². The fourth-order valence-corrected chi connectivity index (χ4v) is 2.89. The van der Waals surface area contributed by atoms with Gasteiger partial charge in [0.15, 0.2) is 0 Å². The highest BCUT2D eigenvalue weighted by molar-refractivity contribution is 7.98. The number of nitrogens with two attached hydrogens (primary N) is 1. The third-order valence-electron chi connectivity index (χ3n) is 3.62. The van der Waals surface area contributed by atoms with E-state index in [1.807, 2.05) is 31.4 Å². The van der Waals surface area contributed by atoms with Crippen molar-refractivity contribution in [3.05, 3.63) is 48.0 Å². The maximum Gasteiger partial charge on any atom is 0.237 e. The van der Waals surface area contributed by atoms with E-state index in [0.29, 0.717) is 6.42 Å². The summed E-state index contributed by atoms with van der Waals surface area (Å²) in [5, 5.41) is 5.38. The minimum Gasteiger partial charge on any atom is -0.348 e. The highest BCUT2D eigenvalue weighted by Gasteiger charge is 2.17. The number of benzene rings is 2. The van der Waals surface area contributed by atoms with Crippen LogP contribution < -0.4 is 11.1 Å². The second-order valence-corrected chi connectivity index (χ2v) is 6.17. The third kappa shape index (κ3) is 4.63. The molecule has 2 atom stereocenters. The number of carbonyl (C=O) groups is 1. The number of halogens is 1. The number of hydrogen-bond acceptors (Lipinski definition) is 3. The molecule has 0 saturated heterocycles. The second kappa shape index (κ2) is 9.03. The van der Waals surface area contributed by atoms with E-state index >= 15 is 0 Å². The van der Waals surface area contributed by atoms with Crippen molar-refractivity contribution in [3.8, 4) is 0 Å². The number of carbonyl (C=O) groups excluding carboxylic acids is 1. The van der Waals surface area contributed by atoms with E-state index < -0.39 is 6.04 Å². The van der Waals surface area contributed by atoms with Gasteiger partial charge >= 0.3 is 0 Å². The molecule has 120 valence electrons. The van der Waals surface area contributed by atoms with Crippen LogP contribution in [0.1, 0.15) is 24.9 Å². The summed E-state index contributed by atoms with van der Waals surface area (Å²) in [6.45, 7) is 2.00. The molecule has 0 radical (unpaired) electrons. The number of hydrogen-bond donors (Lipinski definition) is 2. The van der Waals surface area contributed by atoms with Crippen LogP contribution in [0.2, 0.25) is 0 Å². The smallest absolute Gasteiger partial charge is 0.237 e. The minimum absolute atomic E-state index is 0. The van der Waals surface area contributed by atoms with Crippen molar-refractivity contribution in [2.24, 2.45) is 5.73 Å². The van der Waals surface area contributed by atoms with Gasteiger partial charge in [0, 0.05) is 0 Å². The largest absolute Gasteiger partial charge is 0.348 e. The normalized spacial score (nSPS) is 13.2. The molecule has 0 aliphatic heterocycles. The Morgan fingerprint density at radius 2 is 1.91 bits per heavy atom. The van der Waals surface area contributed by atoms with Crippen molar-refractivity contribution in [1.82, 2.24) is 5.32 Å². The first-order valence-electron chi connectivity index (χ1n) is 7.16. The molecule has 2 aromatic rings. The molecule has 5 heteroatoms. The summed E-state index contributed by atoms with van der Waals surface area (Å²) in [5.74, 6) is 0.821. The predicted octanol–water partition coefficient (Wildman–Crippen LogP) is 3.52. The zero-order valence-electron chi connectivity index (χ0n) is 12.9.